The fraction of sp³-hybridized carbons (Fsp3) is 0.586. The highest BCUT2D eigenvalue weighted by Gasteiger charge is 2.53. The molecule has 0 bridgehead atoms. The summed E-state index contributed by atoms with van der Waals surface area (Å²) in [5.41, 5.74) is 0.613. The van der Waals surface area contributed by atoms with Gasteiger partial charge in [0, 0.05) is 52.9 Å². The van der Waals surface area contributed by atoms with Crippen LogP contribution in [-0.2, 0) is 56.8 Å². The molecule has 238 valence electrons. The van der Waals surface area contributed by atoms with Crippen LogP contribution in [0, 0.1) is 0 Å². The predicted molar refractivity (Wildman–Crippen MR) is 151 cm³/mol. The zero-order valence-electron chi connectivity index (χ0n) is 25.6. The fourth-order valence-corrected chi connectivity index (χ4v) is 5.63. The molecule has 2 aliphatic heterocycles. The number of rotatable bonds is 11. The average molecular weight is 625 g/mol. The highest BCUT2D eigenvalue weighted by molar-refractivity contribution is 6.70. The van der Waals surface area contributed by atoms with Crippen LogP contribution in [0.15, 0.2) is 36.1 Å². The van der Waals surface area contributed by atoms with Crippen molar-refractivity contribution < 1.29 is 61.5 Å². The van der Waals surface area contributed by atoms with Crippen molar-refractivity contribution in [2.75, 3.05) is 13.7 Å². The van der Waals surface area contributed by atoms with Crippen molar-refractivity contribution >= 4 is 32.2 Å². The van der Waals surface area contributed by atoms with Crippen LogP contribution in [0.1, 0.15) is 45.8 Å². The molecule has 3 rings (SSSR count). The Bertz CT molecular complexity index is 1190. The average Bonchev–Trinajstić information content (AvgIpc) is 2.89. The molecular formula is C29H40O13Si. The van der Waals surface area contributed by atoms with Crippen LogP contribution >= 0.6 is 0 Å². The van der Waals surface area contributed by atoms with Crippen LogP contribution in [0.2, 0.25) is 19.6 Å². The van der Waals surface area contributed by atoms with Crippen molar-refractivity contribution in [2.24, 2.45) is 0 Å². The third kappa shape index (κ3) is 10.1. The van der Waals surface area contributed by atoms with E-state index in [0.29, 0.717) is 17.7 Å². The lowest BCUT2D eigenvalue weighted by Gasteiger charge is -2.44. The maximum Gasteiger partial charge on any atom is 0.303 e. The summed E-state index contributed by atoms with van der Waals surface area (Å²) < 4.78 is 51.9. The molecular weight excluding hydrogens is 584 g/mol. The Morgan fingerprint density at radius 3 is 2.02 bits per heavy atom. The Morgan fingerprint density at radius 2 is 1.44 bits per heavy atom. The van der Waals surface area contributed by atoms with E-state index >= 15 is 0 Å². The van der Waals surface area contributed by atoms with E-state index in [4.69, 9.17) is 42.3 Å². The smallest absolute Gasteiger partial charge is 0.303 e. The number of benzene rings is 1. The van der Waals surface area contributed by atoms with Crippen molar-refractivity contribution in [3.05, 3.63) is 41.7 Å². The van der Waals surface area contributed by atoms with Crippen LogP contribution in [0.4, 0.5) is 0 Å². The summed E-state index contributed by atoms with van der Waals surface area (Å²) in [6.45, 7) is 10.5. The van der Waals surface area contributed by atoms with E-state index in [1.165, 1.54) is 14.0 Å². The molecule has 0 radical (unpaired) electrons. The van der Waals surface area contributed by atoms with E-state index < -0.39 is 75.3 Å². The number of hydrogen-bond acceptors (Lipinski definition) is 13. The summed E-state index contributed by atoms with van der Waals surface area (Å²) in [5.74, 6) is -1.79. The Kier molecular flexibility index (Phi) is 11.7. The van der Waals surface area contributed by atoms with Gasteiger partial charge >= 0.3 is 23.9 Å². The topological polar surface area (TPSA) is 151 Å². The van der Waals surface area contributed by atoms with E-state index in [1.807, 2.05) is 0 Å². The summed E-state index contributed by atoms with van der Waals surface area (Å²) in [5, 5.41) is 0. The number of esters is 4. The van der Waals surface area contributed by atoms with E-state index in [1.54, 1.807) is 30.3 Å². The summed E-state index contributed by atoms with van der Waals surface area (Å²) in [4.78, 5) is 48.0. The Labute approximate surface area is 251 Å². The standard InChI is InChI=1S/C29H40O13Si/c1-16(30)35-15-24-26(36-17(2)31)27(37-18(3)32)28(38-19(4)33)29(41-24)40-22-12-10-9-11-21(22)23-13-20(42-43(6,7)8)14-25(34-5)39-23/h9-12,14,23-29H,13,15H2,1-8H3/t23-,24-,25+,26-,27+,28-,29-/m1/s1. The van der Waals surface area contributed by atoms with Gasteiger partial charge in [-0.15, -0.1) is 0 Å². The molecule has 1 fully saturated rings. The molecule has 14 heteroatoms. The van der Waals surface area contributed by atoms with Gasteiger partial charge in [-0.3, -0.25) is 19.2 Å². The molecule has 7 atom stereocenters. The summed E-state index contributed by atoms with van der Waals surface area (Å²) >= 11 is 0. The van der Waals surface area contributed by atoms with Gasteiger partial charge in [-0.2, -0.15) is 0 Å². The molecule has 2 aliphatic rings. The maximum atomic E-state index is 12.2. The number of hydrogen-bond donors (Lipinski definition) is 0. The molecule has 0 N–H and O–H groups in total. The molecule has 13 nitrogen and oxygen atoms in total. The maximum absolute atomic E-state index is 12.2. The number of carbonyl (C=O) groups is 4. The molecule has 0 spiro atoms. The molecule has 43 heavy (non-hydrogen) atoms. The molecule has 1 saturated heterocycles. The predicted octanol–water partition coefficient (Wildman–Crippen LogP) is 3.32. The monoisotopic (exact) mass is 624 g/mol. The minimum atomic E-state index is -1.95. The molecule has 0 amide bonds. The first-order chi connectivity index (χ1) is 20.2. The molecule has 2 heterocycles. The number of ether oxygens (including phenoxy) is 8. The van der Waals surface area contributed by atoms with E-state index in [2.05, 4.69) is 19.6 Å². The first-order valence-electron chi connectivity index (χ1n) is 13.8. The first-order valence-corrected chi connectivity index (χ1v) is 17.2. The highest BCUT2D eigenvalue weighted by Crippen LogP contribution is 2.39. The van der Waals surface area contributed by atoms with Crippen molar-refractivity contribution in [2.45, 2.75) is 96.9 Å². The third-order valence-corrected chi connectivity index (χ3v) is 7.01. The van der Waals surface area contributed by atoms with Crippen molar-refractivity contribution in [1.82, 2.24) is 0 Å². The van der Waals surface area contributed by atoms with Gasteiger partial charge in [-0.25, -0.2) is 0 Å². The van der Waals surface area contributed by atoms with Gasteiger partial charge in [-0.1, -0.05) is 18.2 Å². The van der Waals surface area contributed by atoms with Crippen LogP contribution in [0.5, 0.6) is 5.75 Å². The SMILES string of the molecule is CO[C@@H]1C=C(O[Si](C)(C)C)C[C@H](c2ccccc2O[C@@H]2O[C@H](COC(C)=O)[C@@H](OC(C)=O)[C@H](OC(C)=O)[C@H]2OC(C)=O)O1. The molecule has 1 aromatic rings. The van der Waals surface area contributed by atoms with E-state index in [-0.39, 0.29) is 6.61 Å². The second-order valence-electron chi connectivity index (χ2n) is 11.0. The van der Waals surface area contributed by atoms with Gasteiger partial charge in [0.05, 0.1) is 11.9 Å². The highest BCUT2D eigenvalue weighted by atomic mass is 28.4. The molecule has 1 aromatic carbocycles. The number of para-hydroxylation sites is 1. The molecule has 0 aromatic heterocycles. The van der Waals surface area contributed by atoms with Gasteiger partial charge in [-0.05, 0) is 25.7 Å². The van der Waals surface area contributed by atoms with Gasteiger partial charge in [0.15, 0.2) is 18.5 Å². The van der Waals surface area contributed by atoms with E-state index in [0.717, 1.165) is 26.5 Å². The summed E-state index contributed by atoms with van der Waals surface area (Å²) in [6, 6.07) is 7.01. The van der Waals surface area contributed by atoms with Crippen LogP contribution < -0.4 is 4.74 Å². The minimum absolute atomic E-state index is 0.303. The quantitative estimate of drug-likeness (QED) is 0.201. The summed E-state index contributed by atoms with van der Waals surface area (Å²) in [7, 11) is -0.423. The van der Waals surface area contributed by atoms with Crippen LogP contribution in [0.3, 0.4) is 0 Å². The van der Waals surface area contributed by atoms with E-state index in [9.17, 15) is 19.2 Å². The first kappa shape index (κ1) is 34.0. The lowest BCUT2D eigenvalue weighted by molar-refractivity contribution is -0.288. The van der Waals surface area contributed by atoms with Crippen molar-refractivity contribution in [3.63, 3.8) is 0 Å². The Hall–Kier alpha value is -3.46. The van der Waals surface area contributed by atoms with Gasteiger partial charge in [0.1, 0.15) is 18.5 Å². The lowest BCUT2D eigenvalue weighted by atomic mass is 9.97. The number of methoxy groups -OCH3 is 1. The molecule has 0 saturated carbocycles. The van der Waals surface area contributed by atoms with Gasteiger partial charge in [0.25, 0.3) is 0 Å². The zero-order chi connectivity index (χ0) is 31.9. The summed E-state index contributed by atoms with van der Waals surface area (Å²) in [6.07, 6.45) is -5.62. The normalized spacial score (nSPS) is 27.3. The van der Waals surface area contributed by atoms with Crippen LogP contribution in [-0.4, -0.2) is 82.9 Å². The van der Waals surface area contributed by atoms with Crippen molar-refractivity contribution in [3.8, 4) is 5.75 Å². The lowest BCUT2D eigenvalue weighted by Crippen LogP contribution is -2.63. The third-order valence-electron chi connectivity index (χ3n) is 6.13. The van der Waals surface area contributed by atoms with Gasteiger partial charge < -0.3 is 42.3 Å². The van der Waals surface area contributed by atoms with Crippen molar-refractivity contribution in [1.29, 1.82) is 0 Å². The Morgan fingerprint density at radius 1 is 0.837 bits per heavy atom. The molecule has 0 aliphatic carbocycles. The second-order valence-corrected chi connectivity index (χ2v) is 15.4. The Balaban J connectivity index is 2.01. The van der Waals surface area contributed by atoms with Gasteiger partial charge in [0.2, 0.25) is 20.7 Å². The fourth-order valence-electron chi connectivity index (χ4n) is 4.69. The second kappa shape index (κ2) is 14.8. The van der Waals surface area contributed by atoms with Crippen LogP contribution in [0.25, 0.3) is 0 Å². The number of carbonyl (C=O) groups excluding carboxylic acids is 4. The zero-order valence-corrected chi connectivity index (χ0v) is 26.6. The molecule has 0 unspecified atom stereocenters. The largest absolute Gasteiger partial charge is 0.547 e. The minimum Gasteiger partial charge on any atom is -0.547 e.